The molecule has 0 fully saturated rings. The fourth-order valence-electron chi connectivity index (χ4n) is 3.38. The fourth-order valence-corrected chi connectivity index (χ4v) is 3.38. The van der Waals surface area contributed by atoms with E-state index < -0.39 is 0 Å². The fraction of sp³-hybridized carbons (Fsp3) is 0.565. The normalized spacial score (nSPS) is 11.0. The van der Waals surface area contributed by atoms with Crippen molar-refractivity contribution in [2.24, 2.45) is 4.99 Å². The van der Waals surface area contributed by atoms with E-state index in [2.05, 4.69) is 22.4 Å². The molecule has 0 saturated carbocycles. The minimum atomic E-state index is 0. The molecule has 10 heteroatoms. The van der Waals surface area contributed by atoms with Gasteiger partial charge >= 0.3 is 0 Å². The first-order chi connectivity index (χ1) is 15.5. The number of nitrogens with zero attached hydrogens (tertiary/aromatic N) is 6. The number of likely N-dealkylation sites (N-methyl/N-ethyl adjacent to an activating group) is 2. The molecule has 184 valence electrons. The van der Waals surface area contributed by atoms with E-state index in [4.69, 9.17) is 9.73 Å². The van der Waals surface area contributed by atoms with Crippen LogP contribution < -0.4 is 10.1 Å². The van der Waals surface area contributed by atoms with E-state index >= 15 is 0 Å². The molecule has 0 saturated heterocycles. The average Bonchev–Trinajstić information content (AvgIpc) is 3.26. The van der Waals surface area contributed by atoms with Crippen LogP contribution in [0.1, 0.15) is 32.2 Å². The van der Waals surface area contributed by atoms with Crippen molar-refractivity contribution >= 4 is 35.8 Å². The summed E-state index contributed by atoms with van der Waals surface area (Å²) in [6.07, 6.45) is 3.38. The lowest BCUT2D eigenvalue weighted by molar-refractivity contribution is -0.131. The average molecular weight is 572 g/mol. The Morgan fingerprint density at radius 3 is 2.48 bits per heavy atom. The van der Waals surface area contributed by atoms with Crippen LogP contribution in [-0.4, -0.2) is 83.3 Å². The molecule has 1 aromatic heterocycles. The lowest BCUT2D eigenvalue weighted by atomic mass is 10.1. The van der Waals surface area contributed by atoms with Crippen molar-refractivity contribution in [2.45, 2.75) is 40.2 Å². The maximum absolute atomic E-state index is 12.6. The van der Waals surface area contributed by atoms with Crippen molar-refractivity contribution in [1.29, 1.82) is 0 Å². The summed E-state index contributed by atoms with van der Waals surface area (Å²) in [6, 6.07) is 8.01. The van der Waals surface area contributed by atoms with Gasteiger partial charge in [0, 0.05) is 46.2 Å². The van der Waals surface area contributed by atoms with Gasteiger partial charge in [0.2, 0.25) is 5.91 Å². The van der Waals surface area contributed by atoms with E-state index in [1.165, 1.54) is 5.56 Å². The van der Waals surface area contributed by atoms with Crippen LogP contribution in [0.3, 0.4) is 0 Å². The number of nitrogens with one attached hydrogen (secondary N) is 1. The predicted molar refractivity (Wildman–Crippen MR) is 142 cm³/mol. The Balaban J connectivity index is 0.00000544. The second kappa shape index (κ2) is 15.5. The standard InChI is InChI=1S/C23H37N7O2.HI/c1-6-21-27-26-18-30(21)16-15-25-23(28(4)17-22(31)29(7-2)8-3)24-14-13-19-9-11-20(32-5)12-10-19;/h9-12,18H,6-8,13-17H2,1-5H3,(H,24,25);1H. The number of benzene rings is 1. The monoisotopic (exact) mass is 571 g/mol. The highest BCUT2D eigenvalue weighted by molar-refractivity contribution is 14.0. The third-order valence-corrected chi connectivity index (χ3v) is 5.32. The van der Waals surface area contributed by atoms with Crippen molar-refractivity contribution in [3.63, 3.8) is 0 Å². The van der Waals surface area contributed by atoms with E-state index in [1.807, 2.05) is 59.5 Å². The molecule has 2 rings (SSSR count). The van der Waals surface area contributed by atoms with Gasteiger partial charge in [0.05, 0.1) is 13.7 Å². The number of methoxy groups -OCH3 is 1. The van der Waals surface area contributed by atoms with Crippen molar-refractivity contribution in [1.82, 2.24) is 29.9 Å². The minimum absolute atomic E-state index is 0. The number of aromatic nitrogens is 3. The zero-order valence-electron chi connectivity index (χ0n) is 20.5. The number of hydrogen-bond donors (Lipinski definition) is 1. The van der Waals surface area contributed by atoms with Crippen molar-refractivity contribution < 1.29 is 9.53 Å². The van der Waals surface area contributed by atoms with Crippen molar-refractivity contribution in [3.8, 4) is 5.75 Å². The first-order valence-corrected chi connectivity index (χ1v) is 11.3. The summed E-state index contributed by atoms with van der Waals surface area (Å²) >= 11 is 0. The summed E-state index contributed by atoms with van der Waals surface area (Å²) < 4.78 is 7.25. The molecule has 0 radical (unpaired) electrons. The Morgan fingerprint density at radius 1 is 1.18 bits per heavy atom. The Hall–Kier alpha value is -2.37. The van der Waals surface area contributed by atoms with Crippen LogP contribution in [0.25, 0.3) is 0 Å². The second-order valence-electron chi connectivity index (χ2n) is 7.45. The smallest absolute Gasteiger partial charge is 0.242 e. The first-order valence-electron chi connectivity index (χ1n) is 11.3. The molecule has 0 aliphatic carbocycles. The molecular formula is C23H38IN7O2. The van der Waals surface area contributed by atoms with E-state index in [1.54, 1.807) is 13.4 Å². The van der Waals surface area contributed by atoms with Gasteiger partial charge in [-0.3, -0.25) is 9.79 Å². The van der Waals surface area contributed by atoms with E-state index in [0.717, 1.165) is 31.0 Å². The lowest BCUT2D eigenvalue weighted by Crippen LogP contribution is -2.46. The molecule has 0 bridgehead atoms. The van der Waals surface area contributed by atoms with Crippen LogP contribution in [0.15, 0.2) is 35.6 Å². The third-order valence-electron chi connectivity index (χ3n) is 5.32. The van der Waals surface area contributed by atoms with Gasteiger partial charge in [-0.25, -0.2) is 0 Å². The van der Waals surface area contributed by atoms with Crippen LogP contribution in [0.2, 0.25) is 0 Å². The number of guanidine groups is 1. The van der Waals surface area contributed by atoms with E-state index in [9.17, 15) is 4.79 Å². The molecule has 2 aromatic rings. The van der Waals surface area contributed by atoms with Gasteiger partial charge in [0.15, 0.2) is 5.96 Å². The molecule has 0 aliphatic heterocycles. The Bertz CT molecular complexity index is 851. The van der Waals surface area contributed by atoms with E-state index in [-0.39, 0.29) is 36.4 Å². The second-order valence-corrected chi connectivity index (χ2v) is 7.45. The molecule has 1 aromatic carbocycles. The van der Waals surface area contributed by atoms with Gasteiger partial charge in [-0.2, -0.15) is 0 Å². The molecule has 0 unspecified atom stereocenters. The summed E-state index contributed by atoms with van der Waals surface area (Å²) in [5.41, 5.74) is 1.19. The minimum Gasteiger partial charge on any atom is -0.497 e. The van der Waals surface area contributed by atoms with Gasteiger partial charge in [0.25, 0.3) is 0 Å². The molecule has 9 nitrogen and oxygen atoms in total. The van der Waals surface area contributed by atoms with Gasteiger partial charge < -0.3 is 24.4 Å². The largest absolute Gasteiger partial charge is 0.497 e. The number of carbonyl (C=O) groups excluding carboxylic acids is 1. The predicted octanol–water partition coefficient (Wildman–Crippen LogP) is 2.46. The summed E-state index contributed by atoms with van der Waals surface area (Å²) in [5, 5.41) is 11.5. The molecule has 1 amide bonds. The van der Waals surface area contributed by atoms with Crippen LogP contribution in [0, 0.1) is 0 Å². The number of ether oxygens (including phenoxy) is 1. The molecule has 1 N–H and O–H groups in total. The number of rotatable bonds is 12. The SMILES string of the molecule is CCc1nncn1CCNC(=NCCc1ccc(OC)cc1)N(C)CC(=O)N(CC)CC.I. The summed E-state index contributed by atoms with van der Waals surface area (Å²) in [5.74, 6) is 2.60. The number of aryl methyl sites for hydroxylation is 1. The summed E-state index contributed by atoms with van der Waals surface area (Å²) in [4.78, 5) is 21.1. The maximum atomic E-state index is 12.6. The van der Waals surface area contributed by atoms with Gasteiger partial charge in [0.1, 0.15) is 17.9 Å². The first kappa shape index (κ1) is 28.7. The van der Waals surface area contributed by atoms with Gasteiger partial charge in [-0.15, -0.1) is 34.2 Å². The molecule has 33 heavy (non-hydrogen) atoms. The number of aliphatic imine (C=N–C) groups is 1. The lowest BCUT2D eigenvalue weighted by Gasteiger charge is -2.26. The summed E-state index contributed by atoms with van der Waals surface area (Å²) in [7, 11) is 3.56. The number of halogens is 1. The molecule has 0 spiro atoms. The van der Waals surface area contributed by atoms with Gasteiger partial charge in [-0.1, -0.05) is 19.1 Å². The molecule has 0 atom stereocenters. The highest BCUT2D eigenvalue weighted by Gasteiger charge is 2.15. The van der Waals surface area contributed by atoms with Gasteiger partial charge in [-0.05, 0) is 38.0 Å². The summed E-state index contributed by atoms with van der Waals surface area (Å²) in [6.45, 7) is 9.74. The Morgan fingerprint density at radius 2 is 1.88 bits per heavy atom. The number of amides is 1. The third kappa shape index (κ3) is 9.18. The quantitative estimate of drug-likeness (QED) is 0.239. The number of hydrogen-bond acceptors (Lipinski definition) is 5. The van der Waals surface area contributed by atoms with E-state index in [0.29, 0.717) is 32.1 Å². The highest BCUT2D eigenvalue weighted by Crippen LogP contribution is 2.11. The topological polar surface area (TPSA) is 87.9 Å². The van der Waals surface area contributed by atoms with Crippen LogP contribution in [0.5, 0.6) is 5.75 Å². The van der Waals surface area contributed by atoms with Crippen LogP contribution in [-0.2, 0) is 24.2 Å². The molecular weight excluding hydrogens is 533 g/mol. The Labute approximate surface area is 214 Å². The van der Waals surface area contributed by atoms with Crippen LogP contribution in [0.4, 0.5) is 0 Å². The highest BCUT2D eigenvalue weighted by atomic mass is 127. The zero-order valence-corrected chi connectivity index (χ0v) is 22.8. The van der Waals surface area contributed by atoms with Crippen LogP contribution >= 0.6 is 24.0 Å². The maximum Gasteiger partial charge on any atom is 0.242 e. The number of carbonyl (C=O) groups is 1. The molecule has 0 aliphatic rings. The molecule has 1 heterocycles. The van der Waals surface area contributed by atoms with Crippen molar-refractivity contribution in [2.75, 3.05) is 46.9 Å². The van der Waals surface area contributed by atoms with Crippen molar-refractivity contribution in [3.05, 3.63) is 42.0 Å². The Kier molecular flexibility index (Phi) is 13.4. The zero-order chi connectivity index (χ0) is 23.3.